The van der Waals surface area contributed by atoms with Gasteiger partial charge in [0.2, 0.25) is 0 Å². The molecule has 0 fully saturated rings. The third-order valence-electron chi connectivity index (χ3n) is 5.12. The summed E-state index contributed by atoms with van der Waals surface area (Å²) in [5.74, 6) is 0.212. The summed E-state index contributed by atoms with van der Waals surface area (Å²) < 4.78 is 1.04. The fraction of sp³-hybridized carbons (Fsp3) is 0.143. The number of anilines is 1. The predicted molar refractivity (Wildman–Crippen MR) is 103 cm³/mol. The number of aromatic nitrogens is 1. The maximum Gasteiger partial charge on any atom is 0.161 e. The zero-order valence-electron chi connectivity index (χ0n) is 13.4. The second-order valence-electron chi connectivity index (χ2n) is 6.52. The van der Waals surface area contributed by atoms with E-state index in [9.17, 15) is 4.79 Å². The van der Waals surface area contributed by atoms with Gasteiger partial charge in [0.15, 0.2) is 5.78 Å². The molecule has 0 saturated carbocycles. The van der Waals surface area contributed by atoms with Crippen LogP contribution in [0.3, 0.4) is 0 Å². The van der Waals surface area contributed by atoms with Crippen LogP contribution in [0.4, 0.5) is 5.69 Å². The first kappa shape index (κ1) is 14.8. The van der Waals surface area contributed by atoms with E-state index in [2.05, 4.69) is 50.5 Å². The first-order chi connectivity index (χ1) is 12.2. The van der Waals surface area contributed by atoms with Crippen molar-refractivity contribution >= 4 is 38.3 Å². The average Bonchev–Trinajstić information content (AvgIpc) is 3.01. The molecule has 2 heterocycles. The molecule has 1 aliphatic heterocycles. The highest BCUT2D eigenvalue weighted by Crippen LogP contribution is 2.48. The highest BCUT2D eigenvalue weighted by molar-refractivity contribution is 9.10. The maximum atomic E-state index is 12.7. The Morgan fingerprint density at radius 3 is 2.72 bits per heavy atom. The molecule has 0 spiro atoms. The molecule has 1 aliphatic carbocycles. The minimum atomic E-state index is -0.0396. The van der Waals surface area contributed by atoms with Crippen LogP contribution in [0.1, 0.15) is 29.9 Å². The van der Waals surface area contributed by atoms with Crippen LogP contribution in [0.15, 0.2) is 70.5 Å². The number of carbonyl (C=O) groups is 1. The number of hydrogen-bond donors (Lipinski definition) is 1. The topological polar surface area (TPSA) is 42.0 Å². The minimum absolute atomic E-state index is 0.0396. The molecule has 0 amide bonds. The number of rotatable bonds is 1. The third-order valence-corrected chi connectivity index (χ3v) is 5.65. The van der Waals surface area contributed by atoms with Gasteiger partial charge in [-0.1, -0.05) is 34.1 Å². The van der Waals surface area contributed by atoms with Gasteiger partial charge in [-0.25, -0.2) is 0 Å². The van der Waals surface area contributed by atoms with Gasteiger partial charge in [-0.3, -0.25) is 9.78 Å². The summed E-state index contributed by atoms with van der Waals surface area (Å²) in [5.41, 5.74) is 6.34. The molecule has 4 heteroatoms. The Morgan fingerprint density at radius 2 is 1.88 bits per heavy atom. The molecule has 2 aliphatic rings. The number of ketones is 1. The van der Waals surface area contributed by atoms with E-state index in [1.165, 1.54) is 0 Å². The summed E-state index contributed by atoms with van der Waals surface area (Å²) in [6, 6.07) is 16.5. The van der Waals surface area contributed by atoms with Crippen LogP contribution in [0.2, 0.25) is 0 Å². The summed E-state index contributed by atoms with van der Waals surface area (Å²) in [6.45, 7) is 0. The summed E-state index contributed by atoms with van der Waals surface area (Å²) >= 11 is 3.51. The number of fused-ring (bicyclic) bond motifs is 3. The van der Waals surface area contributed by atoms with E-state index in [4.69, 9.17) is 0 Å². The summed E-state index contributed by atoms with van der Waals surface area (Å²) in [5, 5.41) is 4.62. The van der Waals surface area contributed by atoms with Crippen molar-refractivity contribution in [1.29, 1.82) is 0 Å². The Kier molecular flexibility index (Phi) is 3.28. The van der Waals surface area contributed by atoms with Crippen molar-refractivity contribution in [3.8, 4) is 0 Å². The SMILES string of the molecule is O=C1CCC2=C1C(c1ccc(Br)cc1)c1c(ccc3ncccc13)N2. The second-order valence-corrected chi connectivity index (χ2v) is 7.44. The Labute approximate surface area is 153 Å². The van der Waals surface area contributed by atoms with Crippen LogP contribution in [-0.2, 0) is 4.79 Å². The Hall–Kier alpha value is -2.46. The van der Waals surface area contributed by atoms with Gasteiger partial charge in [-0.15, -0.1) is 0 Å². The molecular weight excluding hydrogens is 376 g/mol. The molecule has 1 N–H and O–H groups in total. The number of carbonyl (C=O) groups excluding carboxylic acids is 1. The fourth-order valence-electron chi connectivity index (χ4n) is 4.03. The molecule has 25 heavy (non-hydrogen) atoms. The van der Waals surface area contributed by atoms with Crippen LogP contribution in [0, 0.1) is 0 Å². The average molecular weight is 391 g/mol. The standard InChI is InChI=1S/C21H15BrN2O/c22-13-5-3-12(4-6-13)19-20-14-2-1-11-23-15(14)7-8-16(20)24-17-9-10-18(25)21(17)19/h1-8,11,19,24H,9-10H2. The van der Waals surface area contributed by atoms with Crippen molar-refractivity contribution < 1.29 is 4.79 Å². The number of nitrogens with one attached hydrogen (secondary N) is 1. The van der Waals surface area contributed by atoms with E-state index in [1.807, 2.05) is 30.5 Å². The number of halogens is 1. The lowest BCUT2D eigenvalue weighted by molar-refractivity contribution is -0.115. The summed E-state index contributed by atoms with van der Waals surface area (Å²) in [7, 11) is 0. The first-order valence-electron chi connectivity index (χ1n) is 8.39. The van der Waals surface area contributed by atoms with Gasteiger partial charge in [0.05, 0.1) is 5.52 Å². The molecule has 5 rings (SSSR count). The van der Waals surface area contributed by atoms with Crippen molar-refractivity contribution in [2.45, 2.75) is 18.8 Å². The van der Waals surface area contributed by atoms with Crippen LogP contribution in [0.25, 0.3) is 10.9 Å². The number of allylic oxidation sites excluding steroid dienone is 2. The number of Topliss-reactive ketones (excluding diaryl/α,β-unsaturated/α-hetero) is 1. The van der Waals surface area contributed by atoms with Gasteiger partial charge in [-0.05, 0) is 47.9 Å². The van der Waals surface area contributed by atoms with Gasteiger partial charge in [-0.2, -0.15) is 0 Å². The summed E-state index contributed by atoms with van der Waals surface area (Å²) in [4.78, 5) is 17.2. The lowest BCUT2D eigenvalue weighted by atomic mass is 9.79. The Bertz CT molecular complexity index is 1050. The van der Waals surface area contributed by atoms with Crippen molar-refractivity contribution in [2.24, 2.45) is 0 Å². The normalized spacial score (nSPS) is 18.9. The number of benzene rings is 2. The lowest BCUT2D eigenvalue weighted by Gasteiger charge is -2.30. The monoisotopic (exact) mass is 390 g/mol. The molecule has 2 aromatic carbocycles. The molecule has 1 aromatic heterocycles. The second kappa shape index (κ2) is 5.53. The van der Waals surface area contributed by atoms with Crippen molar-refractivity contribution in [3.63, 3.8) is 0 Å². The number of hydrogen-bond acceptors (Lipinski definition) is 3. The smallest absolute Gasteiger partial charge is 0.161 e. The zero-order chi connectivity index (χ0) is 17.0. The van der Waals surface area contributed by atoms with E-state index in [0.717, 1.165) is 49.9 Å². The molecule has 0 radical (unpaired) electrons. The summed E-state index contributed by atoms with van der Waals surface area (Å²) in [6.07, 6.45) is 3.20. The molecule has 3 aromatic rings. The van der Waals surface area contributed by atoms with Gasteiger partial charge >= 0.3 is 0 Å². The molecule has 0 saturated heterocycles. The molecule has 1 unspecified atom stereocenters. The van der Waals surface area contributed by atoms with Crippen LogP contribution in [-0.4, -0.2) is 10.8 Å². The molecule has 3 nitrogen and oxygen atoms in total. The fourth-order valence-corrected chi connectivity index (χ4v) is 4.30. The van der Waals surface area contributed by atoms with Crippen LogP contribution < -0.4 is 5.32 Å². The van der Waals surface area contributed by atoms with Crippen molar-refractivity contribution in [1.82, 2.24) is 4.98 Å². The highest BCUT2D eigenvalue weighted by Gasteiger charge is 2.37. The third kappa shape index (κ3) is 2.24. The zero-order valence-corrected chi connectivity index (χ0v) is 15.0. The van der Waals surface area contributed by atoms with Crippen LogP contribution >= 0.6 is 15.9 Å². The molecule has 122 valence electrons. The molecule has 0 bridgehead atoms. The van der Waals surface area contributed by atoms with Gasteiger partial charge in [0.25, 0.3) is 0 Å². The molecular formula is C21H15BrN2O. The number of nitrogens with zero attached hydrogens (tertiary/aromatic N) is 1. The molecule has 1 atom stereocenters. The van der Waals surface area contributed by atoms with E-state index in [0.29, 0.717) is 6.42 Å². The Morgan fingerprint density at radius 1 is 1.04 bits per heavy atom. The highest BCUT2D eigenvalue weighted by atomic mass is 79.9. The lowest BCUT2D eigenvalue weighted by Crippen LogP contribution is -2.19. The first-order valence-corrected chi connectivity index (χ1v) is 9.18. The van der Waals surface area contributed by atoms with E-state index in [-0.39, 0.29) is 11.7 Å². The largest absolute Gasteiger partial charge is 0.358 e. The van der Waals surface area contributed by atoms with E-state index < -0.39 is 0 Å². The van der Waals surface area contributed by atoms with Crippen molar-refractivity contribution in [2.75, 3.05) is 5.32 Å². The van der Waals surface area contributed by atoms with Crippen LogP contribution in [0.5, 0.6) is 0 Å². The van der Waals surface area contributed by atoms with Gasteiger partial charge in [0.1, 0.15) is 0 Å². The van der Waals surface area contributed by atoms with E-state index in [1.54, 1.807) is 0 Å². The predicted octanol–water partition coefficient (Wildman–Crippen LogP) is 5.17. The Balaban J connectivity index is 1.83. The maximum absolute atomic E-state index is 12.7. The number of pyridine rings is 1. The van der Waals surface area contributed by atoms with Crippen molar-refractivity contribution in [3.05, 3.63) is 81.6 Å². The van der Waals surface area contributed by atoms with E-state index >= 15 is 0 Å². The van der Waals surface area contributed by atoms with Gasteiger partial charge in [0, 0.05) is 45.4 Å². The quantitative estimate of drug-likeness (QED) is 0.622. The van der Waals surface area contributed by atoms with Gasteiger partial charge < -0.3 is 5.32 Å². The minimum Gasteiger partial charge on any atom is -0.358 e.